The minimum atomic E-state index is -0.863. The summed E-state index contributed by atoms with van der Waals surface area (Å²) in [6, 6.07) is 0.714. The van der Waals surface area contributed by atoms with Gasteiger partial charge in [-0.2, -0.15) is 0 Å². The third kappa shape index (κ3) is 4.10. The van der Waals surface area contributed by atoms with E-state index in [-0.39, 0.29) is 23.7 Å². The number of aliphatic hydroxyl groups is 1. The number of hydrogen-bond donors (Lipinski definition) is 3. The molecule has 0 fully saturated rings. The van der Waals surface area contributed by atoms with E-state index in [0.717, 1.165) is 6.42 Å². The summed E-state index contributed by atoms with van der Waals surface area (Å²) < 4.78 is 26.3. The van der Waals surface area contributed by atoms with E-state index in [0.29, 0.717) is 19.0 Å². The zero-order valence-electron chi connectivity index (χ0n) is 10.6. The van der Waals surface area contributed by atoms with Crippen molar-refractivity contribution in [1.29, 1.82) is 0 Å². The van der Waals surface area contributed by atoms with Crippen molar-refractivity contribution >= 4 is 11.6 Å². The van der Waals surface area contributed by atoms with Crippen LogP contribution in [0, 0.1) is 17.0 Å². The number of nitrogens with zero attached hydrogens (tertiary/aromatic N) is 1. The van der Waals surface area contributed by atoms with Gasteiger partial charge in [0.15, 0.2) is 23.3 Å². The van der Waals surface area contributed by atoms with Gasteiger partial charge in [-0.05, 0) is 18.3 Å². The van der Waals surface area contributed by atoms with Crippen LogP contribution in [0.25, 0.3) is 0 Å². The summed E-state index contributed by atoms with van der Waals surface area (Å²) in [5.74, 6) is -2.00. The van der Waals surface area contributed by atoms with Crippen LogP contribution in [0.4, 0.5) is 20.4 Å². The maximum atomic E-state index is 13.4. The quantitative estimate of drug-likeness (QED) is 0.732. The number of hydrogen-bond acceptors (Lipinski definition) is 4. The first-order valence-electron chi connectivity index (χ1n) is 5.82. The van der Waals surface area contributed by atoms with E-state index in [1.165, 1.54) is 0 Å². The van der Waals surface area contributed by atoms with Crippen molar-refractivity contribution in [3.05, 3.63) is 17.7 Å². The highest BCUT2D eigenvalue weighted by atomic mass is 19.1. The van der Waals surface area contributed by atoms with Crippen molar-refractivity contribution in [2.24, 2.45) is 5.41 Å². The summed E-state index contributed by atoms with van der Waals surface area (Å²) in [6.45, 7) is 4.56. The molecule has 0 unspecified atom stereocenters. The summed E-state index contributed by atoms with van der Waals surface area (Å²) in [6.07, 6.45) is 1.46. The second-order valence-corrected chi connectivity index (χ2v) is 5.03. The molecule has 1 aromatic rings. The zero-order chi connectivity index (χ0) is 13.8. The van der Waals surface area contributed by atoms with E-state index in [2.05, 4.69) is 10.3 Å². The Hall–Kier alpha value is -1.43. The van der Waals surface area contributed by atoms with Crippen molar-refractivity contribution in [2.75, 3.05) is 24.2 Å². The van der Waals surface area contributed by atoms with E-state index >= 15 is 0 Å². The summed E-state index contributed by atoms with van der Waals surface area (Å²) in [5.41, 5.74) is 5.16. The lowest BCUT2D eigenvalue weighted by Crippen LogP contribution is -2.24. The maximum absolute atomic E-state index is 13.4. The van der Waals surface area contributed by atoms with E-state index in [1.54, 1.807) is 0 Å². The molecule has 4 nitrogen and oxygen atoms in total. The van der Waals surface area contributed by atoms with E-state index in [4.69, 9.17) is 10.8 Å². The topological polar surface area (TPSA) is 71.2 Å². The molecule has 0 radical (unpaired) electrons. The summed E-state index contributed by atoms with van der Waals surface area (Å²) in [4.78, 5) is 3.62. The molecule has 1 rings (SSSR count). The van der Waals surface area contributed by atoms with Gasteiger partial charge in [0, 0.05) is 19.2 Å². The highest BCUT2D eigenvalue weighted by Gasteiger charge is 2.18. The van der Waals surface area contributed by atoms with Crippen molar-refractivity contribution in [1.82, 2.24) is 4.98 Å². The molecule has 1 heterocycles. The van der Waals surface area contributed by atoms with Crippen LogP contribution in [-0.2, 0) is 0 Å². The van der Waals surface area contributed by atoms with Crippen LogP contribution >= 0.6 is 0 Å². The van der Waals surface area contributed by atoms with Crippen molar-refractivity contribution < 1.29 is 13.9 Å². The number of anilines is 2. The van der Waals surface area contributed by atoms with Gasteiger partial charge in [-0.25, -0.2) is 13.8 Å². The molecule has 0 aliphatic heterocycles. The minimum absolute atomic E-state index is 0.0500. The molecule has 0 amide bonds. The van der Waals surface area contributed by atoms with E-state index < -0.39 is 11.6 Å². The predicted octanol–water partition coefficient (Wildman–Crippen LogP) is 2.15. The Labute approximate surface area is 105 Å². The van der Waals surface area contributed by atoms with Crippen molar-refractivity contribution in [3.8, 4) is 0 Å². The fraction of sp³-hybridized carbons (Fsp3) is 0.583. The average Bonchev–Trinajstić information content (AvgIpc) is 2.30. The lowest BCUT2D eigenvalue weighted by atomic mass is 9.88. The van der Waals surface area contributed by atoms with Crippen molar-refractivity contribution in [2.45, 2.75) is 26.7 Å². The molecule has 102 valence electrons. The second-order valence-electron chi connectivity index (χ2n) is 5.03. The minimum Gasteiger partial charge on any atom is -0.396 e. The second kappa shape index (κ2) is 5.95. The third-order valence-corrected chi connectivity index (χ3v) is 2.70. The number of halogens is 2. The largest absolute Gasteiger partial charge is 0.396 e. The smallest absolute Gasteiger partial charge is 0.168 e. The van der Waals surface area contributed by atoms with Crippen LogP contribution in [0.2, 0.25) is 0 Å². The standard InChI is InChI=1S/C12H19F2N3O/c1-12(2,4-3-5-18)7-16-11-9(14)6-8(13)10(15)17-11/h6,18H,3-5,7H2,1-2H3,(H3,15,16,17). The molecule has 0 saturated carbocycles. The monoisotopic (exact) mass is 259 g/mol. The van der Waals surface area contributed by atoms with Gasteiger partial charge >= 0.3 is 0 Å². The molecule has 0 saturated heterocycles. The Morgan fingerprint density at radius 1 is 1.39 bits per heavy atom. The summed E-state index contributed by atoms with van der Waals surface area (Å²) in [5, 5.41) is 11.6. The molecule has 4 N–H and O–H groups in total. The molecule has 0 atom stereocenters. The van der Waals surface area contributed by atoms with Gasteiger partial charge < -0.3 is 16.2 Å². The number of aromatic nitrogens is 1. The molecule has 0 aliphatic rings. The Kier molecular flexibility index (Phi) is 4.84. The molecule has 18 heavy (non-hydrogen) atoms. The predicted molar refractivity (Wildman–Crippen MR) is 67.2 cm³/mol. The average molecular weight is 259 g/mol. The highest BCUT2D eigenvalue weighted by molar-refractivity contribution is 5.44. The van der Waals surface area contributed by atoms with Gasteiger partial charge in [-0.1, -0.05) is 13.8 Å². The molecule has 1 aromatic heterocycles. The van der Waals surface area contributed by atoms with Crippen LogP contribution in [0.5, 0.6) is 0 Å². The highest BCUT2D eigenvalue weighted by Crippen LogP contribution is 2.24. The number of nitrogens with one attached hydrogen (secondary N) is 1. The first-order chi connectivity index (χ1) is 8.35. The zero-order valence-corrected chi connectivity index (χ0v) is 10.6. The van der Waals surface area contributed by atoms with Crippen LogP contribution < -0.4 is 11.1 Å². The Balaban J connectivity index is 2.66. The van der Waals surface area contributed by atoms with Gasteiger partial charge in [0.2, 0.25) is 0 Å². The van der Waals surface area contributed by atoms with Gasteiger partial charge in [0.1, 0.15) is 0 Å². The number of nitrogens with two attached hydrogens (primary N) is 1. The first kappa shape index (κ1) is 14.6. The normalized spacial score (nSPS) is 11.6. The first-order valence-corrected chi connectivity index (χ1v) is 5.82. The lowest BCUT2D eigenvalue weighted by Gasteiger charge is -2.25. The molecular weight excluding hydrogens is 240 g/mol. The number of aliphatic hydroxyl groups excluding tert-OH is 1. The molecule has 6 heteroatoms. The summed E-state index contributed by atoms with van der Waals surface area (Å²) >= 11 is 0. The van der Waals surface area contributed by atoms with Gasteiger partial charge in [0.25, 0.3) is 0 Å². The van der Waals surface area contributed by atoms with Gasteiger partial charge in [-0.3, -0.25) is 0 Å². The Morgan fingerprint density at radius 2 is 2.06 bits per heavy atom. The fourth-order valence-corrected chi connectivity index (χ4v) is 1.57. The summed E-state index contributed by atoms with van der Waals surface area (Å²) in [7, 11) is 0. The molecule has 0 bridgehead atoms. The molecule has 0 aromatic carbocycles. The van der Waals surface area contributed by atoms with E-state index in [1.807, 2.05) is 13.8 Å². The van der Waals surface area contributed by atoms with E-state index in [9.17, 15) is 8.78 Å². The Morgan fingerprint density at radius 3 is 2.67 bits per heavy atom. The SMILES string of the molecule is CC(C)(CCCO)CNc1nc(N)c(F)cc1F. The molecule has 0 spiro atoms. The van der Waals surface area contributed by atoms with Crippen LogP contribution in [-0.4, -0.2) is 23.2 Å². The Bertz CT molecular complexity index is 411. The van der Waals surface area contributed by atoms with Crippen molar-refractivity contribution in [3.63, 3.8) is 0 Å². The number of nitrogen functional groups attached to an aromatic ring is 1. The number of pyridine rings is 1. The van der Waals surface area contributed by atoms with Gasteiger partial charge in [-0.15, -0.1) is 0 Å². The molecule has 0 aliphatic carbocycles. The maximum Gasteiger partial charge on any atom is 0.168 e. The van der Waals surface area contributed by atoms with Crippen LogP contribution in [0.15, 0.2) is 6.07 Å². The third-order valence-electron chi connectivity index (χ3n) is 2.70. The molecular formula is C12H19F2N3O. The van der Waals surface area contributed by atoms with Gasteiger partial charge in [0.05, 0.1) is 0 Å². The van der Waals surface area contributed by atoms with Crippen LogP contribution in [0.3, 0.4) is 0 Å². The van der Waals surface area contributed by atoms with Crippen LogP contribution in [0.1, 0.15) is 26.7 Å². The lowest BCUT2D eigenvalue weighted by molar-refractivity contribution is 0.247. The fourth-order valence-electron chi connectivity index (χ4n) is 1.57. The number of rotatable bonds is 6.